The second kappa shape index (κ2) is 7.19. The van der Waals surface area contributed by atoms with Crippen LogP contribution in [-0.4, -0.2) is 78.2 Å². The highest BCUT2D eigenvalue weighted by molar-refractivity contribution is 5.73. The van der Waals surface area contributed by atoms with E-state index in [1.807, 2.05) is 0 Å². The summed E-state index contributed by atoms with van der Waals surface area (Å²) in [6, 6.07) is 0. The van der Waals surface area contributed by atoms with Crippen molar-refractivity contribution in [2.24, 2.45) is 0 Å². The van der Waals surface area contributed by atoms with Crippen molar-refractivity contribution in [3.8, 4) is 0 Å². The first-order valence-electron chi connectivity index (χ1n) is 6.94. The zero-order valence-corrected chi connectivity index (χ0v) is 12.6. The molecule has 1 saturated heterocycles. The first-order valence-corrected chi connectivity index (χ1v) is 6.94. The number of aromatic nitrogens is 2. The Morgan fingerprint density at radius 1 is 1.42 bits per heavy atom. The van der Waals surface area contributed by atoms with Gasteiger partial charge in [0.05, 0.1) is 6.61 Å². The van der Waals surface area contributed by atoms with Crippen LogP contribution in [0.4, 0.5) is 5.82 Å². The second-order valence-corrected chi connectivity index (χ2v) is 5.18. The van der Waals surface area contributed by atoms with Crippen molar-refractivity contribution in [3.05, 3.63) is 22.1 Å². The van der Waals surface area contributed by atoms with Crippen LogP contribution in [0.2, 0.25) is 0 Å². The van der Waals surface area contributed by atoms with Gasteiger partial charge in [0.25, 0.3) is 0 Å². The van der Waals surface area contributed by atoms with E-state index in [1.54, 1.807) is 6.92 Å². The Hall–Kier alpha value is -2.12. The van der Waals surface area contributed by atoms with Crippen LogP contribution in [0.25, 0.3) is 0 Å². The highest BCUT2D eigenvalue weighted by Gasteiger charge is 2.47. The third-order valence-electron chi connectivity index (χ3n) is 3.63. The summed E-state index contributed by atoms with van der Waals surface area (Å²) in [5.41, 5.74) is 0. The van der Waals surface area contributed by atoms with E-state index in [0.717, 1.165) is 6.20 Å². The van der Waals surface area contributed by atoms with Crippen LogP contribution in [0.1, 0.15) is 5.82 Å². The Morgan fingerprint density at radius 2 is 2.08 bits per heavy atom. The first kappa shape index (κ1) is 18.2. The molecule has 5 atom stereocenters. The van der Waals surface area contributed by atoms with E-state index in [2.05, 4.69) is 4.98 Å². The fourth-order valence-electron chi connectivity index (χ4n) is 2.33. The molecule has 0 bridgehead atoms. The molecule has 12 nitrogen and oxygen atoms in total. The molecule has 1 aromatic rings. The lowest BCUT2D eigenvalue weighted by Gasteiger charge is -2.38. The van der Waals surface area contributed by atoms with E-state index in [-0.39, 0.29) is 19.0 Å². The van der Waals surface area contributed by atoms with Crippen LogP contribution >= 0.6 is 0 Å². The zero-order valence-electron chi connectivity index (χ0n) is 12.6. The number of carboxylic acids is 1. The zero-order chi connectivity index (χ0) is 18.0. The summed E-state index contributed by atoms with van der Waals surface area (Å²) in [5, 5.41) is 48.8. The van der Waals surface area contributed by atoms with Crippen molar-refractivity contribution in [2.75, 3.05) is 6.61 Å². The molecule has 0 amide bonds. The van der Waals surface area contributed by atoms with Gasteiger partial charge in [-0.15, -0.1) is 0 Å². The van der Waals surface area contributed by atoms with Crippen molar-refractivity contribution in [3.63, 3.8) is 0 Å². The predicted molar refractivity (Wildman–Crippen MR) is 73.9 cm³/mol. The van der Waals surface area contributed by atoms with Gasteiger partial charge in [0.2, 0.25) is 0 Å². The number of aliphatic hydroxyl groups is 3. The topological polar surface area (TPSA) is 177 Å². The number of ether oxygens (including phenoxy) is 2. The molecule has 24 heavy (non-hydrogen) atoms. The molecule has 0 spiro atoms. The van der Waals surface area contributed by atoms with Gasteiger partial charge < -0.3 is 40.0 Å². The fraction of sp³-hybridized carbons (Fsp3) is 0.667. The van der Waals surface area contributed by atoms with E-state index in [0.29, 0.717) is 5.82 Å². The van der Waals surface area contributed by atoms with Crippen molar-refractivity contribution < 1.29 is 39.6 Å². The molecule has 0 saturated carbocycles. The molecule has 1 fully saturated rings. The van der Waals surface area contributed by atoms with Gasteiger partial charge in [-0.2, -0.15) is 0 Å². The Balaban J connectivity index is 2.00. The van der Waals surface area contributed by atoms with Gasteiger partial charge in [-0.1, -0.05) is 0 Å². The molecule has 1 aliphatic heterocycles. The Morgan fingerprint density at radius 3 is 2.67 bits per heavy atom. The minimum absolute atomic E-state index is 0.00882. The standard InChI is InChI=1S/C12H17N3O9/c1-5-13-4-6(15(21)22)14(5)2-3-23-12-9(18)7(16)8(17)10(24-12)11(19)20/h4,7-10,12,16-18H,2-3H2,1H3,(H,19,20)/t7-,8+,9+,10-,12-/m0/s1. The van der Waals surface area contributed by atoms with E-state index >= 15 is 0 Å². The highest BCUT2D eigenvalue weighted by atomic mass is 16.7. The minimum Gasteiger partial charge on any atom is -0.479 e. The maximum absolute atomic E-state index is 11.0. The van der Waals surface area contributed by atoms with Gasteiger partial charge in [-0.3, -0.25) is 0 Å². The number of carboxylic acid groups (broad SMARTS) is 1. The molecule has 2 heterocycles. The summed E-state index contributed by atoms with van der Waals surface area (Å²) in [7, 11) is 0. The molecule has 2 rings (SSSR count). The van der Waals surface area contributed by atoms with Gasteiger partial charge in [0.15, 0.2) is 18.2 Å². The van der Waals surface area contributed by atoms with Crippen LogP contribution in [0.15, 0.2) is 6.20 Å². The van der Waals surface area contributed by atoms with Crippen molar-refractivity contribution >= 4 is 11.8 Å². The smallest absolute Gasteiger partial charge is 0.342 e. The van der Waals surface area contributed by atoms with Crippen molar-refractivity contribution in [1.29, 1.82) is 0 Å². The molecule has 0 unspecified atom stereocenters. The van der Waals surface area contributed by atoms with Crippen LogP contribution in [0, 0.1) is 17.0 Å². The predicted octanol–water partition coefficient (Wildman–Crippen LogP) is -1.99. The van der Waals surface area contributed by atoms with E-state index in [1.165, 1.54) is 4.57 Å². The van der Waals surface area contributed by atoms with Crippen molar-refractivity contribution in [2.45, 2.75) is 44.2 Å². The maximum atomic E-state index is 11.0. The van der Waals surface area contributed by atoms with E-state index in [4.69, 9.17) is 14.6 Å². The minimum atomic E-state index is -1.81. The second-order valence-electron chi connectivity index (χ2n) is 5.18. The SMILES string of the molecule is Cc1ncc([N+](=O)[O-])n1CCO[C@H]1O[C@H](C(=O)O)[C@H](O)[C@H](O)[C@H]1O. The Labute approximate surface area is 135 Å². The lowest BCUT2D eigenvalue weighted by Crippen LogP contribution is -2.60. The maximum Gasteiger partial charge on any atom is 0.342 e. The highest BCUT2D eigenvalue weighted by Crippen LogP contribution is 2.22. The number of hydrogen-bond donors (Lipinski definition) is 4. The number of carbonyl (C=O) groups is 1. The molecular formula is C12H17N3O9. The van der Waals surface area contributed by atoms with Crippen LogP contribution in [0.3, 0.4) is 0 Å². The van der Waals surface area contributed by atoms with Crippen LogP contribution in [0.5, 0.6) is 0 Å². The summed E-state index contributed by atoms with van der Waals surface area (Å²) in [4.78, 5) is 25.0. The summed E-state index contributed by atoms with van der Waals surface area (Å²) in [6.07, 6.45) is -7.44. The van der Waals surface area contributed by atoms with Crippen LogP contribution in [-0.2, 0) is 20.8 Å². The third-order valence-corrected chi connectivity index (χ3v) is 3.63. The van der Waals surface area contributed by atoms with E-state index in [9.17, 15) is 30.2 Å². The normalized spacial score (nSPS) is 30.2. The molecule has 134 valence electrons. The molecule has 1 aromatic heterocycles. The average molecular weight is 347 g/mol. The molecule has 4 N–H and O–H groups in total. The number of imidazole rings is 1. The van der Waals surface area contributed by atoms with Crippen LogP contribution < -0.4 is 0 Å². The van der Waals surface area contributed by atoms with Gasteiger partial charge >= 0.3 is 11.8 Å². The molecule has 1 aliphatic rings. The number of nitrogens with zero attached hydrogens (tertiary/aromatic N) is 3. The monoisotopic (exact) mass is 347 g/mol. The van der Waals surface area contributed by atoms with Gasteiger partial charge in [0.1, 0.15) is 31.1 Å². The van der Waals surface area contributed by atoms with Gasteiger partial charge in [-0.25, -0.2) is 14.3 Å². The fourth-order valence-corrected chi connectivity index (χ4v) is 2.33. The summed E-state index contributed by atoms with van der Waals surface area (Å²) in [5.74, 6) is -1.41. The molecular weight excluding hydrogens is 330 g/mol. The molecule has 0 aromatic carbocycles. The summed E-state index contributed by atoms with van der Waals surface area (Å²) >= 11 is 0. The number of aliphatic hydroxyl groups excluding tert-OH is 3. The average Bonchev–Trinajstić information content (AvgIpc) is 2.88. The number of rotatable bonds is 6. The third kappa shape index (κ3) is 3.52. The summed E-state index contributed by atoms with van der Waals surface area (Å²) in [6.45, 7) is 1.36. The first-order chi connectivity index (χ1) is 11.2. The Bertz CT molecular complexity index is 619. The quantitative estimate of drug-likeness (QED) is 0.332. The molecule has 0 radical (unpaired) electrons. The lowest BCUT2D eigenvalue weighted by atomic mass is 9.99. The Kier molecular flexibility index (Phi) is 5.46. The number of hydrogen-bond acceptors (Lipinski definition) is 9. The number of aliphatic carboxylic acids is 1. The van der Waals surface area contributed by atoms with Gasteiger partial charge in [0, 0.05) is 6.92 Å². The number of aryl methyl sites for hydroxylation is 1. The van der Waals surface area contributed by atoms with E-state index < -0.39 is 41.6 Å². The lowest BCUT2D eigenvalue weighted by molar-refractivity contribution is -0.392. The molecule has 12 heteroatoms. The largest absolute Gasteiger partial charge is 0.479 e. The summed E-state index contributed by atoms with van der Waals surface area (Å²) < 4.78 is 11.4. The van der Waals surface area contributed by atoms with Gasteiger partial charge in [-0.05, 0) is 4.92 Å². The molecule has 0 aliphatic carbocycles. The number of nitro groups is 1. The van der Waals surface area contributed by atoms with Crippen molar-refractivity contribution in [1.82, 2.24) is 9.55 Å².